The fraction of sp³-hybridized carbons (Fsp3) is 0.381. The lowest BCUT2D eigenvalue weighted by molar-refractivity contribution is -0.117. The molecule has 0 spiro atoms. The lowest BCUT2D eigenvalue weighted by Gasteiger charge is -2.29. The van der Waals surface area contributed by atoms with Crippen LogP contribution in [0.5, 0.6) is 0 Å². The van der Waals surface area contributed by atoms with Crippen LogP contribution >= 0.6 is 0 Å². The number of ether oxygens (including phenoxy) is 1. The predicted molar refractivity (Wildman–Crippen MR) is 105 cm³/mol. The van der Waals surface area contributed by atoms with Crippen molar-refractivity contribution in [2.75, 3.05) is 36.5 Å². The quantitative estimate of drug-likeness (QED) is 0.794. The number of morpholine rings is 1. The maximum Gasteiger partial charge on any atom is 0.241 e. The van der Waals surface area contributed by atoms with Gasteiger partial charge in [-0.3, -0.25) is 10.1 Å². The summed E-state index contributed by atoms with van der Waals surface area (Å²) >= 11 is 0. The average Bonchev–Trinajstić information content (AvgIpc) is 2.69. The van der Waals surface area contributed by atoms with Crippen LogP contribution in [0.2, 0.25) is 0 Å². The zero-order valence-corrected chi connectivity index (χ0v) is 16.0. The van der Waals surface area contributed by atoms with Crippen LogP contribution in [0.1, 0.15) is 25.5 Å². The first kappa shape index (κ1) is 20.2. The van der Waals surface area contributed by atoms with E-state index >= 15 is 0 Å². The third-order valence-electron chi connectivity index (χ3n) is 4.83. The van der Waals surface area contributed by atoms with Gasteiger partial charge in [0.15, 0.2) is 0 Å². The average molecular weight is 389 g/mol. The van der Waals surface area contributed by atoms with Gasteiger partial charge in [-0.1, -0.05) is 6.07 Å². The van der Waals surface area contributed by atoms with E-state index in [0.29, 0.717) is 24.5 Å². The maximum absolute atomic E-state index is 13.9. The van der Waals surface area contributed by atoms with Gasteiger partial charge in [0, 0.05) is 42.1 Å². The molecule has 0 aromatic heterocycles. The van der Waals surface area contributed by atoms with E-state index in [-0.39, 0.29) is 5.91 Å². The molecule has 1 aliphatic heterocycles. The third-order valence-corrected chi connectivity index (χ3v) is 4.83. The van der Waals surface area contributed by atoms with Gasteiger partial charge < -0.3 is 15.0 Å². The number of halogens is 2. The first-order valence-electron chi connectivity index (χ1n) is 9.38. The number of carbonyl (C=O) groups excluding carboxylic acids is 1. The van der Waals surface area contributed by atoms with Crippen molar-refractivity contribution in [2.24, 2.45) is 0 Å². The van der Waals surface area contributed by atoms with Crippen LogP contribution in [0.15, 0.2) is 42.5 Å². The van der Waals surface area contributed by atoms with Gasteiger partial charge in [0.2, 0.25) is 5.91 Å². The molecule has 1 heterocycles. The molecule has 1 amide bonds. The summed E-state index contributed by atoms with van der Waals surface area (Å²) < 4.78 is 32.3. The highest BCUT2D eigenvalue weighted by Gasteiger charge is 2.19. The van der Waals surface area contributed by atoms with E-state index in [9.17, 15) is 13.6 Å². The van der Waals surface area contributed by atoms with Gasteiger partial charge in [-0.05, 0) is 44.2 Å². The molecule has 0 saturated carbocycles. The van der Waals surface area contributed by atoms with Crippen molar-refractivity contribution in [2.45, 2.75) is 25.9 Å². The highest BCUT2D eigenvalue weighted by molar-refractivity contribution is 5.94. The second-order valence-electron chi connectivity index (χ2n) is 6.91. The number of rotatable bonds is 6. The standard InChI is InChI=1S/C21H25F2N3O2/c1-14(19-8-3-16(22)13-20(19)23)24-15(2)21(27)25-17-4-6-18(7-5-17)26-9-11-28-12-10-26/h3-8,13-15,24H,9-12H2,1-2H3,(H,25,27)/t14-,15-/m0/s1. The van der Waals surface area contributed by atoms with Gasteiger partial charge in [0.05, 0.1) is 19.3 Å². The van der Waals surface area contributed by atoms with Crippen LogP contribution in [0.4, 0.5) is 20.2 Å². The molecule has 5 nitrogen and oxygen atoms in total. The van der Waals surface area contributed by atoms with E-state index in [0.717, 1.165) is 24.8 Å². The van der Waals surface area contributed by atoms with Gasteiger partial charge >= 0.3 is 0 Å². The Kier molecular flexibility index (Phi) is 6.59. The van der Waals surface area contributed by atoms with Crippen molar-refractivity contribution < 1.29 is 18.3 Å². The number of nitrogens with zero attached hydrogens (tertiary/aromatic N) is 1. The van der Waals surface area contributed by atoms with Crippen LogP contribution in [0.25, 0.3) is 0 Å². The minimum Gasteiger partial charge on any atom is -0.378 e. The van der Waals surface area contributed by atoms with Crippen LogP contribution in [0, 0.1) is 11.6 Å². The molecule has 1 fully saturated rings. The molecular formula is C21H25F2N3O2. The molecule has 0 radical (unpaired) electrons. The molecule has 3 rings (SSSR count). The molecule has 28 heavy (non-hydrogen) atoms. The van der Waals surface area contributed by atoms with Gasteiger partial charge in [-0.25, -0.2) is 8.78 Å². The highest BCUT2D eigenvalue weighted by Crippen LogP contribution is 2.20. The molecule has 0 unspecified atom stereocenters. The van der Waals surface area contributed by atoms with Crippen molar-refractivity contribution in [1.82, 2.24) is 5.32 Å². The number of hydrogen-bond donors (Lipinski definition) is 2. The van der Waals surface area contributed by atoms with Gasteiger partial charge in [-0.15, -0.1) is 0 Å². The number of amides is 1. The second kappa shape index (κ2) is 9.12. The Morgan fingerprint density at radius 1 is 1.07 bits per heavy atom. The fourth-order valence-electron chi connectivity index (χ4n) is 3.22. The Bertz CT molecular complexity index is 808. The smallest absolute Gasteiger partial charge is 0.241 e. The maximum atomic E-state index is 13.9. The largest absolute Gasteiger partial charge is 0.378 e. The number of nitrogens with one attached hydrogen (secondary N) is 2. The molecule has 0 bridgehead atoms. The molecule has 0 aliphatic carbocycles. The Balaban J connectivity index is 1.56. The van der Waals surface area contributed by atoms with Crippen molar-refractivity contribution in [3.05, 3.63) is 59.7 Å². The van der Waals surface area contributed by atoms with Crippen molar-refractivity contribution in [3.63, 3.8) is 0 Å². The molecular weight excluding hydrogens is 364 g/mol. The lowest BCUT2D eigenvalue weighted by Crippen LogP contribution is -2.39. The summed E-state index contributed by atoms with van der Waals surface area (Å²) in [6.45, 7) is 6.57. The molecule has 150 valence electrons. The van der Waals surface area contributed by atoms with E-state index in [1.807, 2.05) is 24.3 Å². The highest BCUT2D eigenvalue weighted by atomic mass is 19.1. The Morgan fingerprint density at radius 3 is 2.39 bits per heavy atom. The van der Waals surface area contributed by atoms with Crippen LogP contribution in [0.3, 0.4) is 0 Å². The summed E-state index contributed by atoms with van der Waals surface area (Å²) in [6, 6.07) is 10.1. The number of hydrogen-bond acceptors (Lipinski definition) is 4. The van der Waals surface area contributed by atoms with Crippen LogP contribution < -0.4 is 15.5 Å². The summed E-state index contributed by atoms with van der Waals surface area (Å²) in [5.74, 6) is -1.49. The van der Waals surface area contributed by atoms with Gasteiger partial charge in [0.25, 0.3) is 0 Å². The Hall–Kier alpha value is -2.51. The molecule has 2 aromatic rings. The van der Waals surface area contributed by atoms with Crippen molar-refractivity contribution >= 4 is 17.3 Å². The molecule has 2 atom stereocenters. The van der Waals surface area contributed by atoms with Gasteiger partial charge in [0.1, 0.15) is 11.6 Å². The van der Waals surface area contributed by atoms with Crippen LogP contribution in [-0.4, -0.2) is 38.3 Å². The molecule has 1 saturated heterocycles. The number of benzene rings is 2. The zero-order valence-electron chi connectivity index (χ0n) is 16.0. The SMILES string of the molecule is C[C@H](N[C@@H](C)c1ccc(F)cc1F)C(=O)Nc1ccc(N2CCOCC2)cc1. The fourth-order valence-corrected chi connectivity index (χ4v) is 3.22. The van der Waals surface area contributed by atoms with Crippen molar-refractivity contribution in [1.29, 1.82) is 0 Å². The Labute approximate surface area is 163 Å². The first-order valence-corrected chi connectivity index (χ1v) is 9.38. The first-order chi connectivity index (χ1) is 13.4. The molecule has 2 N–H and O–H groups in total. The topological polar surface area (TPSA) is 53.6 Å². The summed E-state index contributed by atoms with van der Waals surface area (Å²) in [5.41, 5.74) is 2.10. The van der Waals surface area contributed by atoms with Crippen LogP contribution in [-0.2, 0) is 9.53 Å². The summed E-state index contributed by atoms with van der Waals surface area (Å²) in [7, 11) is 0. The minimum absolute atomic E-state index is 0.228. The molecule has 2 aromatic carbocycles. The van der Waals surface area contributed by atoms with Crippen molar-refractivity contribution in [3.8, 4) is 0 Å². The normalized spacial score (nSPS) is 16.5. The monoisotopic (exact) mass is 389 g/mol. The minimum atomic E-state index is -0.633. The Morgan fingerprint density at radius 2 is 1.75 bits per heavy atom. The van der Waals surface area contributed by atoms with E-state index in [4.69, 9.17) is 4.74 Å². The molecule has 7 heteroatoms. The number of anilines is 2. The molecule has 1 aliphatic rings. The van der Waals surface area contributed by atoms with E-state index in [1.54, 1.807) is 13.8 Å². The number of carbonyl (C=O) groups is 1. The summed E-state index contributed by atoms with van der Waals surface area (Å²) in [5, 5.41) is 5.90. The summed E-state index contributed by atoms with van der Waals surface area (Å²) in [4.78, 5) is 14.7. The predicted octanol–water partition coefficient (Wildman–Crippen LogP) is 3.48. The van der Waals surface area contributed by atoms with Gasteiger partial charge in [-0.2, -0.15) is 0 Å². The van der Waals surface area contributed by atoms with E-state index in [2.05, 4.69) is 15.5 Å². The summed E-state index contributed by atoms with van der Waals surface area (Å²) in [6.07, 6.45) is 0. The zero-order chi connectivity index (χ0) is 20.1. The van der Waals surface area contributed by atoms with E-state index < -0.39 is 23.7 Å². The third kappa shape index (κ3) is 5.05. The lowest BCUT2D eigenvalue weighted by atomic mass is 10.1. The van der Waals surface area contributed by atoms with E-state index in [1.165, 1.54) is 12.1 Å². The second-order valence-corrected chi connectivity index (χ2v) is 6.91.